The monoisotopic (exact) mass is 1020 g/mol. The summed E-state index contributed by atoms with van der Waals surface area (Å²) in [5, 5.41) is 15.8. The van der Waals surface area contributed by atoms with E-state index in [1.165, 1.54) is 12.1 Å². The molecule has 0 spiro atoms. The zero-order chi connectivity index (χ0) is 50.0. The number of carboxylic acid groups (broad SMARTS) is 1. The van der Waals surface area contributed by atoms with E-state index >= 15 is 0 Å². The van der Waals surface area contributed by atoms with Crippen molar-refractivity contribution in [3.63, 3.8) is 0 Å². The molecule has 0 atom stereocenters. The van der Waals surface area contributed by atoms with Crippen molar-refractivity contribution >= 4 is 85.4 Å². The molecule has 356 valence electrons. The molecule has 0 fully saturated rings. The van der Waals surface area contributed by atoms with Gasteiger partial charge in [-0.25, -0.2) is 24.7 Å². The predicted molar refractivity (Wildman–Crippen MR) is 284 cm³/mol. The number of H-pyrrole nitrogens is 1. The van der Waals surface area contributed by atoms with Gasteiger partial charge in [-0.1, -0.05) is 12.1 Å². The topological polar surface area (TPSA) is 165 Å². The van der Waals surface area contributed by atoms with Crippen molar-refractivity contribution in [2.45, 2.75) is 29.8 Å². The molecule has 0 saturated carbocycles. The van der Waals surface area contributed by atoms with E-state index in [9.17, 15) is 9.90 Å². The van der Waals surface area contributed by atoms with E-state index < -0.39 is 5.97 Å². The van der Waals surface area contributed by atoms with Crippen LogP contribution in [-0.4, -0.2) is 46.0 Å². The SMILES string of the molecule is C[n+]1ccccc1Sc1ccc2c(c1)-c1nc-2nc2[nH]c(nc3nc(nc4[n-]c(n1)c1ccc(Sc5cccc[n+]5C)cc41)-c1ccc(Sc4cccc[n+]4C)cc1-3)c1ccc(Oc3ccc(C(=O)O)cc3)cc21. The van der Waals surface area contributed by atoms with Crippen LogP contribution in [0.3, 0.4) is 0 Å². The Labute approximate surface area is 434 Å². The van der Waals surface area contributed by atoms with Crippen LogP contribution in [0.1, 0.15) is 10.4 Å². The highest BCUT2D eigenvalue weighted by molar-refractivity contribution is 7.99. The van der Waals surface area contributed by atoms with E-state index in [2.05, 4.69) is 85.4 Å². The summed E-state index contributed by atoms with van der Waals surface area (Å²) < 4.78 is 12.6. The maximum Gasteiger partial charge on any atom is 0.335 e. The largest absolute Gasteiger partial charge is 0.478 e. The van der Waals surface area contributed by atoms with Crippen LogP contribution >= 0.6 is 35.3 Å². The van der Waals surface area contributed by atoms with Gasteiger partial charge in [0.2, 0.25) is 15.1 Å². The van der Waals surface area contributed by atoms with Gasteiger partial charge in [-0.05, 0) is 149 Å². The van der Waals surface area contributed by atoms with Crippen LogP contribution in [0.25, 0.3) is 89.7 Å². The Bertz CT molecular complexity index is 4260. The Kier molecular flexibility index (Phi) is 11.2. The zero-order valence-corrected chi connectivity index (χ0v) is 42.1. The molecule has 8 bridgehead atoms. The normalized spacial score (nSPS) is 11.7. The summed E-state index contributed by atoms with van der Waals surface area (Å²) in [6.45, 7) is 0. The number of rotatable bonds is 9. The fourth-order valence-electron chi connectivity index (χ4n) is 8.90. The number of hydrogen-bond donors (Lipinski definition) is 2. The van der Waals surface area contributed by atoms with Crippen molar-refractivity contribution < 1.29 is 28.3 Å². The van der Waals surface area contributed by atoms with Gasteiger partial charge < -0.3 is 29.8 Å². The molecule has 6 aromatic heterocycles. The number of fused-ring (bicyclic) bond motifs is 20. The lowest BCUT2D eigenvalue weighted by molar-refractivity contribution is -0.708. The number of nitrogens with zero attached hydrogens (tertiary/aromatic N) is 10. The van der Waals surface area contributed by atoms with E-state index in [1.54, 1.807) is 47.4 Å². The molecule has 0 radical (unpaired) electrons. The third-order valence-corrected chi connectivity index (χ3v) is 16.0. The Balaban J connectivity index is 1.07. The van der Waals surface area contributed by atoms with Crippen LogP contribution in [0.5, 0.6) is 11.5 Å². The summed E-state index contributed by atoms with van der Waals surface area (Å²) in [6, 6.07) is 49.1. The molecule has 8 heterocycles. The molecule has 0 saturated heterocycles. The summed E-state index contributed by atoms with van der Waals surface area (Å²) in [6.07, 6.45) is 6.10. The number of aromatic carboxylic acids is 1. The van der Waals surface area contributed by atoms with Crippen LogP contribution in [0.2, 0.25) is 0 Å². The van der Waals surface area contributed by atoms with E-state index in [4.69, 9.17) is 39.6 Å². The van der Waals surface area contributed by atoms with Crippen molar-refractivity contribution in [2.75, 3.05) is 0 Å². The number of ether oxygens (including phenoxy) is 1. The van der Waals surface area contributed by atoms with Gasteiger partial charge in [-0.3, -0.25) is 0 Å². The first-order chi connectivity index (χ1) is 36.1. The number of aryl methyl sites for hydroxylation is 3. The van der Waals surface area contributed by atoms with Crippen LogP contribution in [0.15, 0.2) is 200 Å². The number of aromatic nitrogens is 11. The number of benzene rings is 5. The summed E-state index contributed by atoms with van der Waals surface area (Å²) in [4.78, 5) is 55.0. The van der Waals surface area contributed by atoms with Crippen molar-refractivity contribution in [3.05, 3.63) is 176 Å². The molecule has 2 N–H and O–H groups in total. The second-order valence-corrected chi connectivity index (χ2v) is 20.8. The fraction of sp³-hybridized carbons (Fsp3) is 0.0526. The molecule has 5 aromatic carbocycles. The molecule has 2 aliphatic heterocycles. The van der Waals surface area contributed by atoms with Crippen LogP contribution in [0, 0.1) is 0 Å². The Morgan fingerprint density at radius 2 is 0.946 bits per heavy atom. The summed E-state index contributed by atoms with van der Waals surface area (Å²) in [7, 11) is 6.10. The maximum atomic E-state index is 11.6. The fourth-order valence-corrected chi connectivity index (χ4v) is 11.6. The van der Waals surface area contributed by atoms with E-state index in [0.29, 0.717) is 62.8 Å². The molecule has 14 nitrogen and oxygen atoms in total. The third kappa shape index (κ3) is 8.45. The van der Waals surface area contributed by atoms with Gasteiger partial charge in [0.25, 0.3) is 0 Å². The minimum absolute atomic E-state index is 0.162. The van der Waals surface area contributed by atoms with Crippen molar-refractivity contribution in [3.8, 4) is 57.1 Å². The summed E-state index contributed by atoms with van der Waals surface area (Å²) in [5.74, 6) is 1.80. The van der Waals surface area contributed by atoms with Gasteiger partial charge in [0.05, 0.1) is 17.2 Å². The average Bonchev–Trinajstić information content (AvgIpc) is 4.14. The molecule has 0 aliphatic carbocycles. The highest BCUT2D eigenvalue weighted by Crippen LogP contribution is 2.42. The van der Waals surface area contributed by atoms with Gasteiger partial charge >= 0.3 is 5.97 Å². The maximum absolute atomic E-state index is 11.6. The first-order valence-electron chi connectivity index (χ1n) is 23.4. The van der Waals surface area contributed by atoms with Crippen molar-refractivity contribution in [2.24, 2.45) is 21.1 Å². The Hall–Kier alpha value is -8.77. The quantitative estimate of drug-likeness (QED) is 0.131. The first-order valence-corrected chi connectivity index (χ1v) is 25.8. The third-order valence-electron chi connectivity index (χ3n) is 12.7. The molecular weight excluding hydrogens is 983 g/mol. The molecule has 17 heteroatoms. The van der Waals surface area contributed by atoms with Crippen molar-refractivity contribution in [1.82, 2.24) is 39.9 Å². The number of pyridine rings is 3. The van der Waals surface area contributed by atoms with Crippen LogP contribution in [-0.2, 0) is 21.1 Å². The standard InChI is InChI=1S/C57H37N11O3S3/c1-66-25-7-4-10-46(66)72-35-18-22-39-43(29-35)55-61-50(39)59-53-42-28-34(71-33-15-13-32(14-16-33)57(69)70)17-21-38(42)49(58-53)60-54-44-30-36(73-47-11-5-8-26-67(47)2)19-23-40(44)51(62-54)64-56-45-31-37(20-24-41(45)52(63-55)65-56)74-48-12-6-9-27-68(48)3/h4-31H,1-3H3/p+2. The Morgan fingerprint density at radius 1 is 0.473 bits per heavy atom. The number of aromatic amines is 1. The minimum atomic E-state index is -1.02. The van der Waals surface area contributed by atoms with Crippen LogP contribution in [0.4, 0.5) is 0 Å². The van der Waals surface area contributed by atoms with E-state index in [1.807, 2.05) is 100 Å². The van der Waals surface area contributed by atoms with E-state index in [0.717, 1.165) is 68.2 Å². The van der Waals surface area contributed by atoms with Crippen LogP contribution < -0.4 is 23.4 Å². The molecule has 2 aliphatic rings. The van der Waals surface area contributed by atoms with Gasteiger partial charge in [-0.15, -0.1) is 0 Å². The number of carboxylic acids is 1. The van der Waals surface area contributed by atoms with Gasteiger partial charge in [-0.2, -0.15) is 13.7 Å². The lowest BCUT2D eigenvalue weighted by Gasteiger charge is -2.06. The highest BCUT2D eigenvalue weighted by Gasteiger charge is 2.23. The average molecular weight is 1020 g/mol. The lowest BCUT2D eigenvalue weighted by Crippen LogP contribution is -2.29. The second-order valence-electron chi connectivity index (χ2n) is 17.6. The molecule has 74 heavy (non-hydrogen) atoms. The molecule has 0 unspecified atom stereocenters. The molecular formula is C57H39N11O3S3+2. The minimum Gasteiger partial charge on any atom is -0.478 e. The zero-order valence-electron chi connectivity index (χ0n) is 39.6. The van der Waals surface area contributed by atoms with Gasteiger partial charge in [0.1, 0.15) is 43.9 Å². The van der Waals surface area contributed by atoms with Crippen molar-refractivity contribution in [1.29, 1.82) is 0 Å². The Morgan fingerprint density at radius 3 is 1.51 bits per heavy atom. The second kappa shape index (κ2) is 18.4. The molecule has 13 rings (SSSR count). The molecule has 0 amide bonds. The number of nitrogens with one attached hydrogen (secondary N) is 1. The molecule has 11 aromatic rings. The van der Waals surface area contributed by atoms with E-state index in [-0.39, 0.29) is 5.56 Å². The van der Waals surface area contributed by atoms with Gasteiger partial charge in [0.15, 0.2) is 30.2 Å². The summed E-state index contributed by atoms with van der Waals surface area (Å²) in [5.41, 5.74) is 5.31. The lowest BCUT2D eigenvalue weighted by atomic mass is 10.1. The number of carbonyl (C=O) groups is 1. The highest BCUT2D eigenvalue weighted by atomic mass is 32.2. The first kappa shape index (κ1) is 45.1. The summed E-state index contributed by atoms with van der Waals surface area (Å²) >= 11 is 4.95. The smallest absolute Gasteiger partial charge is 0.335 e. The number of hydrogen-bond acceptors (Lipinski definition) is 11. The van der Waals surface area contributed by atoms with Gasteiger partial charge in [0, 0.05) is 95.4 Å². The predicted octanol–water partition coefficient (Wildman–Crippen LogP) is 10.9.